The summed E-state index contributed by atoms with van der Waals surface area (Å²) in [6, 6.07) is 0. The van der Waals surface area contributed by atoms with Crippen molar-refractivity contribution in [2.45, 2.75) is 26.7 Å². The first-order valence-corrected chi connectivity index (χ1v) is 4.50. The Hall–Kier alpha value is -0.570. The lowest BCUT2D eigenvalue weighted by atomic mass is 9.75. The molecule has 0 atom stereocenters. The molecule has 1 fully saturated rings. The number of amides is 1. The van der Waals surface area contributed by atoms with Gasteiger partial charge in [0, 0.05) is 32.0 Å². The lowest BCUT2D eigenvalue weighted by Crippen LogP contribution is -2.57. The zero-order valence-electron chi connectivity index (χ0n) is 7.84. The summed E-state index contributed by atoms with van der Waals surface area (Å²) in [5.74, 6) is 0.150. The maximum atomic E-state index is 10.9. The van der Waals surface area contributed by atoms with Crippen LogP contribution >= 0.6 is 0 Å². The average molecular weight is 171 g/mol. The molecule has 0 bridgehead atoms. The maximum absolute atomic E-state index is 10.9. The average Bonchev–Trinajstić information content (AvgIpc) is 1.95. The highest BCUT2D eigenvalue weighted by atomic mass is 16.3. The topological polar surface area (TPSA) is 40.5 Å². The highest BCUT2D eigenvalue weighted by Crippen LogP contribution is 2.36. The van der Waals surface area contributed by atoms with E-state index >= 15 is 0 Å². The third kappa shape index (κ3) is 1.61. The van der Waals surface area contributed by atoms with E-state index in [4.69, 9.17) is 5.11 Å². The van der Waals surface area contributed by atoms with Gasteiger partial charge in [-0.25, -0.2) is 0 Å². The van der Waals surface area contributed by atoms with Crippen LogP contribution in [-0.4, -0.2) is 35.6 Å². The van der Waals surface area contributed by atoms with E-state index in [1.165, 1.54) is 0 Å². The molecule has 0 aromatic carbocycles. The second-order valence-electron chi connectivity index (χ2n) is 3.70. The highest BCUT2D eigenvalue weighted by molar-refractivity contribution is 5.74. The van der Waals surface area contributed by atoms with E-state index in [0.29, 0.717) is 0 Å². The monoisotopic (exact) mass is 171 g/mol. The summed E-state index contributed by atoms with van der Waals surface area (Å²) in [6.07, 6.45) is 1.88. The summed E-state index contributed by atoms with van der Waals surface area (Å²) in [5, 5.41) is 8.82. The Morgan fingerprint density at radius 2 is 2.17 bits per heavy atom. The number of hydrogen-bond acceptors (Lipinski definition) is 2. The van der Waals surface area contributed by atoms with Gasteiger partial charge in [-0.05, 0) is 12.8 Å². The predicted molar refractivity (Wildman–Crippen MR) is 46.7 cm³/mol. The Morgan fingerprint density at radius 1 is 1.58 bits per heavy atom. The Bertz CT molecular complexity index is 173. The van der Waals surface area contributed by atoms with Crippen molar-refractivity contribution in [2.24, 2.45) is 5.41 Å². The summed E-state index contributed by atoms with van der Waals surface area (Å²) in [7, 11) is 0. The molecule has 0 radical (unpaired) electrons. The quantitative estimate of drug-likeness (QED) is 0.676. The molecule has 1 heterocycles. The minimum Gasteiger partial charge on any atom is -0.396 e. The molecule has 3 nitrogen and oxygen atoms in total. The number of likely N-dealkylation sites (tertiary alicyclic amines) is 1. The normalized spacial score (nSPS) is 20.4. The van der Waals surface area contributed by atoms with E-state index in [9.17, 15) is 4.79 Å². The lowest BCUT2D eigenvalue weighted by molar-refractivity contribution is -0.142. The lowest BCUT2D eigenvalue weighted by Gasteiger charge is -2.49. The number of rotatable bonds is 3. The fourth-order valence-corrected chi connectivity index (χ4v) is 1.78. The molecule has 0 spiro atoms. The summed E-state index contributed by atoms with van der Waals surface area (Å²) in [4.78, 5) is 12.7. The molecule has 1 aliphatic heterocycles. The molecule has 0 aliphatic carbocycles. The van der Waals surface area contributed by atoms with Gasteiger partial charge in [-0.2, -0.15) is 0 Å². The highest BCUT2D eigenvalue weighted by Gasteiger charge is 2.41. The number of carbonyl (C=O) groups excluding carboxylic acids is 1. The van der Waals surface area contributed by atoms with Crippen molar-refractivity contribution < 1.29 is 9.90 Å². The third-order valence-corrected chi connectivity index (χ3v) is 2.89. The SMILES string of the molecule is CCC1(CCO)CN(C(C)=O)C1. The maximum Gasteiger partial charge on any atom is 0.219 e. The fraction of sp³-hybridized carbons (Fsp3) is 0.889. The van der Waals surface area contributed by atoms with Crippen molar-refractivity contribution in [3.8, 4) is 0 Å². The van der Waals surface area contributed by atoms with Gasteiger partial charge in [0.05, 0.1) is 0 Å². The summed E-state index contributed by atoms with van der Waals surface area (Å²) in [5.41, 5.74) is 0.223. The van der Waals surface area contributed by atoms with E-state index < -0.39 is 0 Å². The number of aliphatic hydroxyl groups is 1. The molecule has 12 heavy (non-hydrogen) atoms. The van der Waals surface area contributed by atoms with Gasteiger partial charge in [0.25, 0.3) is 0 Å². The van der Waals surface area contributed by atoms with E-state index in [1.54, 1.807) is 6.92 Å². The van der Waals surface area contributed by atoms with E-state index in [1.807, 2.05) is 4.90 Å². The fourth-order valence-electron chi connectivity index (χ4n) is 1.78. The van der Waals surface area contributed by atoms with Crippen molar-refractivity contribution in [2.75, 3.05) is 19.7 Å². The van der Waals surface area contributed by atoms with Crippen LogP contribution in [0, 0.1) is 5.41 Å². The molecule has 1 aliphatic rings. The van der Waals surface area contributed by atoms with Crippen molar-refractivity contribution >= 4 is 5.91 Å². The van der Waals surface area contributed by atoms with Crippen molar-refractivity contribution in [1.82, 2.24) is 4.90 Å². The first kappa shape index (κ1) is 9.52. The standard InChI is InChI=1S/C9H17NO2/c1-3-9(4-5-11)6-10(7-9)8(2)12/h11H,3-7H2,1-2H3. The molecule has 1 N–H and O–H groups in total. The van der Waals surface area contributed by atoms with Crippen LogP contribution in [0.2, 0.25) is 0 Å². The van der Waals surface area contributed by atoms with Gasteiger partial charge in [-0.15, -0.1) is 0 Å². The second-order valence-corrected chi connectivity index (χ2v) is 3.70. The Morgan fingerprint density at radius 3 is 2.50 bits per heavy atom. The molecule has 1 rings (SSSR count). The van der Waals surface area contributed by atoms with Crippen LogP contribution in [0.25, 0.3) is 0 Å². The first-order chi connectivity index (χ1) is 5.63. The Kier molecular flexibility index (Phi) is 2.73. The van der Waals surface area contributed by atoms with Crippen LogP contribution in [0.3, 0.4) is 0 Å². The minimum atomic E-state index is 0.150. The first-order valence-electron chi connectivity index (χ1n) is 4.50. The van der Waals surface area contributed by atoms with Crippen molar-refractivity contribution in [3.63, 3.8) is 0 Å². The molecule has 70 valence electrons. The van der Waals surface area contributed by atoms with E-state index in [-0.39, 0.29) is 17.9 Å². The van der Waals surface area contributed by atoms with Crippen molar-refractivity contribution in [1.29, 1.82) is 0 Å². The Labute approximate surface area is 73.4 Å². The van der Waals surface area contributed by atoms with Gasteiger partial charge >= 0.3 is 0 Å². The number of aliphatic hydroxyl groups excluding tert-OH is 1. The van der Waals surface area contributed by atoms with Gasteiger partial charge in [-0.1, -0.05) is 6.92 Å². The van der Waals surface area contributed by atoms with Crippen LogP contribution < -0.4 is 0 Å². The largest absolute Gasteiger partial charge is 0.396 e. The molecule has 0 unspecified atom stereocenters. The number of carbonyl (C=O) groups is 1. The molecule has 0 aromatic rings. The third-order valence-electron chi connectivity index (χ3n) is 2.89. The summed E-state index contributed by atoms with van der Waals surface area (Å²) in [6.45, 7) is 5.62. The summed E-state index contributed by atoms with van der Waals surface area (Å²) >= 11 is 0. The zero-order valence-corrected chi connectivity index (χ0v) is 7.84. The predicted octanol–water partition coefficient (Wildman–Crippen LogP) is 0.627. The molecule has 0 saturated carbocycles. The minimum absolute atomic E-state index is 0.150. The molecular formula is C9H17NO2. The molecule has 1 saturated heterocycles. The van der Waals surface area contributed by atoms with Crippen molar-refractivity contribution in [3.05, 3.63) is 0 Å². The van der Waals surface area contributed by atoms with Crippen LogP contribution in [0.5, 0.6) is 0 Å². The molecule has 1 amide bonds. The van der Waals surface area contributed by atoms with Gasteiger partial charge in [-0.3, -0.25) is 4.79 Å². The van der Waals surface area contributed by atoms with Crippen LogP contribution in [0.4, 0.5) is 0 Å². The zero-order chi connectivity index (χ0) is 9.19. The van der Waals surface area contributed by atoms with Crippen LogP contribution in [0.15, 0.2) is 0 Å². The summed E-state index contributed by atoms with van der Waals surface area (Å²) < 4.78 is 0. The van der Waals surface area contributed by atoms with E-state index in [0.717, 1.165) is 25.9 Å². The molecular weight excluding hydrogens is 154 g/mol. The van der Waals surface area contributed by atoms with Crippen LogP contribution in [0.1, 0.15) is 26.7 Å². The van der Waals surface area contributed by atoms with Gasteiger partial charge < -0.3 is 10.0 Å². The van der Waals surface area contributed by atoms with Crippen LogP contribution in [-0.2, 0) is 4.79 Å². The van der Waals surface area contributed by atoms with Gasteiger partial charge in [0.1, 0.15) is 0 Å². The second kappa shape index (κ2) is 3.44. The Balaban J connectivity index is 2.40. The molecule has 0 aromatic heterocycles. The van der Waals surface area contributed by atoms with E-state index in [2.05, 4.69) is 6.92 Å². The van der Waals surface area contributed by atoms with Gasteiger partial charge in [0.2, 0.25) is 5.91 Å². The van der Waals surface area contributed by atoms with Gasteiger partial charge in [0.15, 0.2) is 0 Å². The number of nitrogens with zero attached hydrogens (tertiary/aromatic N) is 1. The smallest absolute Gasteiger partial charge is 0.219 e. The molecule has 3 heteroatoms. The number of hydrogen-bond donors (Lipinski definition) is 1.